The molecule has 1 heterocycles. The first-order valence-corrected chi connectivity index (χ1v) is 7.83. The number of carbonyl (C=O) groups is 1. The molecule has 2 atom stereocenters. The van der Waals surface area contributed by atoms with Crippen molar-refractivity contribution in [3.8, 4) is 0 Å². The van der Waals surface area contributed by atoms with Crippen LogP contribution in [0.4, 0.5) is 0 Å². The summed E-state index contributed by atoms with van der Waals surface area (Å²) in [7, 11) is -3.97. The van der Waals surface area contributed by atoms with E-state index in [0.29, 0.717) is 0 Å². The van der Waals surface area contributed by atoms with Crippen LogP contribution in [-0.2, 0) is 19.6 Å². The van der Waals surface area contributed by atoms with E-state index in [0.717, 1.165) is 0 Å². The quantitative estimate of drug-likeness (QED) is 0.864. The molecule has 2 N–H and O–H groups in total. The normalized spacial score (nSPS) is 22.9. The van der Waals surface area contributed by atoms with Gasteiger partial charge < -0.3 is 9.84 Å². The predicted octanol–water partition coefficient (Wildman–Crippen LogP) is 1.37. The molecule has 1 saturated heterocycles. The third-order valence-corrected chi connectivity index (χ3v) is 5.37. The smallest absolute Gasteiger partial charge is 0.310 e. The number of rotatable bonds is 4. The fourth-order valence-electron chi connectivity index (χ4n) is 1.87. The van der Waals surface area contributed by atoms with E-state index in [1.807, 2.05) is 0 Å². The summed E-state index contributed by atoms with van der Waals surface area (Å²) in [5.41, 5.74) is 0. The number of sulfonamides is 1. The summed E-state index contributed by atoms with van der Waals surface area (Å²) < 4.78 is 31.7. The van der Waals surface area contributed by atoms with Crippen molar-refractivity contribution in [1.29, 1.82) is 0 Å². The Kier molecular flexibility index (Phi) is 4.55. The van der Waals surface area contributed by atoms with E-state index in [-0.39, 0.29) is 28.2 Å². The Labute approximate surface area is 125 Å². The van der Waals surface area contributed by atoms with E-state index in [2.05, 4.69) is 4.72 Å². The Hall–Kier alpha value is -0.860. The highest BCUT2D eigenvalue weighted by Crippen LogP contribution is 2.29. The average molecular weight is 340 g/mol. The van der Waals surface area contributed by atoms with Gasteiger partial charge in [0.05, 0.1) is 35.2 Å². The Balaban J connectivity index is 2.28. The van der Waals surface area contributed by atoms with Gasteiger partial charge in [-0.1, -0.05) is 29.3 Å². The first-order valence-electron chi connectivity index (χ1n) is 5.60. The van der Waals surface area contributed by atoms with Gasteiger partial charge in [0.25, 0.3) is 0 Å². The summed E-state index contributed by atoms with van der Waals surface area (Å²) in [5, 5.41) is 8.99. The Morgan fingerprint density at radius 2 is 2.05 bits per heavy atom. The van der Waals surface area contributed by atoms with Crippen molar-refractivity contribution in [3.05, 3.63) is 28.2 Å². The first-order chi connectivity index (χ1) is 9.33. The van der Waals surface area contributed by atoms with Crippen LogP contribution in [0.25, 0.3) is 0 Å². The largest absolute Gasteiger partial charge is 0.481 e. The monoisotopic (exact) mass is 339 g/mol. The molecule has 1 fully saturated rings. The van der Waals surface area contributed by atoms with Gasteiger partial charge in [-0.15, -0.1) is 0 Å². The maximum Gasteiger partial charge on any atom is 0.310 e. The second kappa shape index (κ2) is 5.87. The molecular weight excluding hydrogens is 329 g/mol. The molecule has 6 nitrogen and oxygen atoms in total. The van der Waals surface area contributed by atoms with E-state index >= 15 is 0 Å². The van der Waals surface area contributed by atoms with Gasteiger partial charge in [0.15, 0.2) is 0 Å². The van der Waals surface area contributed by atoms with Crippen molar-refractivity contribution < 1.29 is 23.1 Å². The van der Waals surface area contributed by atoms with E-state index in [1.165, 1.54) is 18.2 Å². The fraction of sp³-hybridized carbons (Fsp3) is 0.364. The number of halogens is 2. The molecule has 0 aromatic heterocycles. The highest BCUT2D eigenvalue weighted by molar-refractivity contribution is 7.89. The first kappa shape index (κ1) is 15.5. The minimum atomic E-state index is -3.97. The van der Waals surface area contributed by atoms with Gasteiger partial charge >= 0.3 is 5.97 Å². The summed E-state index contributed by atoms with van der Waals surface area (Å²) in [5.74, 6) is -2.05. The van der Waals surface area contributed by atoms with Gasteiger partial charge in [0, 0.05) is 0 Å². The third kappa shape index (κ3) is 3.07. The standard InChI is InChI=1S/C11H11Cl2NO5S/c12-7-2-1-3-9(10(7)13)20(17,18)14-8-5-19-4-6(8)11(15)16/h1-3,6,8,14H,4-5H2,(H,15,16). The topological polar surface area (TPSA) is 92.7 Å². The van der Waals surface area contributed by atoms with Crippen LogP contribution < -0.4 is 4.72 Å². The Morgan fingerprint density at radius 1 is 1.35 bits per heavy atom. The number of hydrogen-bond donors (Lipinski definition) is 2. The Morgan fingerprint density at radius 3 is 2.70 bits per heavy atom. The van der Waals surface area contributed by atoms with Crippen LogP contribution in [0.1, 0.15) is 0 Å². The summed E-state index contributed by atoms with van der Waals surface area (Å²) in [6, 6.07) is 3.36. The van der Waals surface area contributed by atoms with Crippen LogP contribution in [0, 0.1) is 5.92 Å². The number of nitrogens with one attached hydrogen (secondary N) is 1. The third-order valence-electron chi connectivity index (χ3n) is 2.91. The number of ether oxygens (including phenoxy) is 1. The lowest BCUT2D eigenvalue weighted by atomic mass is 10.1. The van der Waals surface area contributed by atoms with Crippen molar-refractivity contribution in [1.82, 2.24) is 4.72 Å². The maximum absolute atomic E-state index is 12.2. The van der Waals surface area contributed by atoms with Crippen molar-refractivity contribution in [3.63, 3.8) is 0 Å². The van der Waals surface area contributed by atoms with Crippen molar-refractivity contribution in [2.24, 2.45) is 5.92 Å². The molecule has 0 amide bonds. The molecule has 1 aliphatic heterocycles. The lowest BCUT2D eigenvalue weighted by molar-refractivity contribution is -0.142. The van der Waals surface area contributed by atoms with Gasteiger partial charge in [0.1, 0.15) is 4.90 Å². The van der Waals surface area contributed by atoms with E-state index in [1.54, 1.807) is 0 Å². The molecule has 9 heteroatoms. The van der Waals surface area contributed by atoms with Crippen LogP contribution in [0.5, 0.6) is 0 Å². The molecule has 1 aliphatic rings. The van der Waals surface area contributed by atoms with Crippen molar-refractivity contribution in [2.45, 2.75) is 10.9 Å². The molecular formula is C11H11Cl2NO5S. The van der Waals surface area contributed by atoms with Gasteiger partial charge in [0.2, 0.25) is 10.0 Å². The number of carboxylic acids is 1. The van der Waals surface area contributed by atoms with Crippen molar-refractivity contribution in [2.75, 3.05) is 13.2 Å². The van der Waals surface area contributed by atoms with Crippen LogP contribution in [-0.4, -0.2) is 38.7 Å². The second-order valence-electron chi connectivity index (χ2n) is 4.26. The van der Waals surface area contributed by atoms with Crippen molar-refractivity contribution >= 4 is 39.2 Å². The lowest BCUT2D eigenvalue weighted by Gasteiger charge is -2.16. The van der Waals surface area contributed by atoms with Gasteiger partial charge in [-0.05, 0) is 12.1 Å². The van der Waals surface area contributed by atoms with E-state index < -0.39 is 28.0 Å². The molecule has 2 rings (SSSR count). The van der Waals surface area contributed by atoms with Crippen LogP contribution in [0.15, 0.2) is 23.1 Å². The summed E-state index contributed by atoms with van der Waals surface area (Å²) in [4.78, 5) is 10.8. The van der Waals surface area contributed by atoms with Crippen LogP contribution >= 0.6 is 23.2 Å². The molecule has 110 valence electrons. The highest BCUT2D eigenvalue weighted by atomic mass is 35.5. The molecule has 2 unspecified atom stereocenters. The van der Waals surface area contributed by atoms with E-state index in [9.17, 15) is 13.2 Å². The highest BCUT2D eigenvalue weighted by Gasteiger charge is 2.37. The van der Waals surface area contributed by atoms with Gasteiger partial charge in [-0.2, -0.15) is 0 Å². The fourth-order valence-corrected chi connectivity index (χ4v) is 3.89. The Bertz CT molecular complexity index is 634. The zero-order valence-corrected chi connectivity index (χ0v) is 12.4. The SMILES string of the molecule is O=C(O)C1COCC1NS(=O)(=O)c1cccc(Cl)c1Cl. The number of carboxylic acid groups (broad SMARTS) is 1. The molecule has 0 saturated carbocycles. The molecule has 0 aliphatic carbocycles. The number of hydrogen-bond acceptors (Lipinski definition) is 4. The zero-order valence-electron chi connectivity index (χ0n) is 10.0. The van der Waals surface area contributed by atoms with Crippen LogP contribution in [0.3, 0.4) is 0 Å². The predicted molar refractivity (Wildman–Crippen MR) is 72.5 cm³/mol. The van der Waals surface area contributed by atoms with E-state index in [4.69, 9.17) is 33.0 Å². The summed E-state index contributed by atoms with van der Waals surface area (Å²) in [6.45, 7) is -0.0415. The lowest BCUT2D eigenvalue weighted by Crippen LogP contribution is -2.42. The minimum Gasteiger partial charge on any atom is -0.481 e. The molecule has 0 bridgehead atoms. The molecule has 0 spiro atoms. The molecule has 0 radical (unpaired) electrons. The summed E-state index contributed by atoms with van der Waals surface area (Å²) in [6.07, 6.45) is 0. The van der Waals surface area contributed by atoms with Gasteiger partial charge in [-0.3, -0.25) is 4.79 Å². The number of aliphatic carboxylic acids is 1. The maximum atomic E-state index is 12.2. The van der Waals surface area contributed by atoms with Gasteiger partial charge in [-0.25, -0.2) is 13.1 Å². The zero-order chi connectivity index (χ0) is 14.9. The number of benzene rings is 1. The average Bonchev–Trinajstić information content (AvgIpc) is 2.79. The second-order valence-corrected chi connectivity index (χ2v) is 6.73. The molecule has 1 aromatic carbocycles. The molecule has 20 heavy (non-hydrogen) atoms. The summed E-state index contributed by atoms with van der Waals surface area (Å²) >= 11 is 11.6. The molecule has 1 aromatic rings. The van der Waals surface area contributed by atoms with Crippen LogP contribution in [0.2, 0.25) is 10.0 Å². The minimum absolute atomic E-state index is 0.00557.